The van der Waals surface area contributed by atoms with Crippen LogP contribution in [0.4, 0.5) is 4.39 Å². The normalized spacial score (nSPS) is 23.6. The summed E-state index contributed by atoms with van der Waals surface area (Å²) < 4.78 is 18.4. The number of ether oxygens (including phenoxy) is 1. The van der Waals surface area contributed by atoms with E-state index in [0.717, 1.165) is 0 Å². The molecule has 2 atom stereocenters. The molecular weight excluding hydrogens is 261 g/mol. The molecule has 0 bridgehead atoms. The van der Waals surface area contributed by atoms with Crippen molar-refractivity contribution >= 4 is 5.78 Å². The van der Waals surface area contributed by atoms with Crippen LogP contribution in [0, 0.1) is 11.7 Å². The van der Waals surface area contributed by atoms with Crippen molar-refractivity contribution < 1.29 is 19.0 Å². The molecule has 110 valence electrons. The molecule has 1 saturated heterocycles. The molecule has 1 N–H and O–H groups in total. The Hall–Kier alpha value is -1.46. The first-order valence-corrected chi connectivity index (χ1v) is 6.78. The van der Waals surface area contributed by atoms with Gasteiger partial charge in [0.25, 0.3) is 0 Å². The van der Waals surface area contributed by atoms with Crippen LogP contribution < -0.4 is 4.74 Å². The summed E-state index contributed by atoms with van der Waals surface area (Å²) in [5, 5.41) is 9.68. The minimum Gasteiger partial charge on any atom is -0.496 e. The predicted octanol–water partition coefficient (Wildman–Crippen LogP) is 1.72. The number of piperidine rings is 1. The van der Waals surface area contributed by atoms with Gasteiger partial charge in [-0.15, -0.1) is 0 Å². The summed E-state index contributed by atoms with van der Waals surface area (Å²) in [4.78, 5) is 14.3. The minimum absolute atomic E-state index is 0.144. The zero-order chi connectivity index (χ0) is 14.7. The first-order chi connectivity index (χ1) is 9.51. The molecule has 0 spiro atoms. The number of carbonyl (C=O) groups is 1. The number of ketones is 1. The second-order valence-electron chi connectivity index (χ2n) is 5.34. The lowest BCUT2D eigenvalue weighted by Crippen LogP contribution is -2.44. The highest BCUT2D eigenvalue weighted by atomic mass is 19.1. The van der Waals surface area contributed by atoms with Crippen LogP contribution in [-0.2, 0) is 0 Å². The van der Waals surface area contributed by atoms with E-state index >= 15 is 0 Å². The molecule has 0 amide bonds. The van der Waals surface area contributed by atoms with Crippen LogP contribution in [0.5, 0.6) is 5.75 Å². The maximum atomic E-state index is 13.3. The van der Waals surface area contributed by atoms with Crippen LogP contribution >= 0.6 is 0 Å². The van der Waals surface area contributed by atoms with Crippen molar-refractivity contribution in [3.63, 3.8) is 0 Å². The highest BCUT2D eigenvalue weighted by Gasteiger charge is 2.26. The van der Waals surface area contributed by atoms with Crippen LogP contribution in [0.25, 0.3) is 0 Å². The number of carbonyl (C=O) groups excluding carboxylic acids is 1. The van der Waals surface area contributed by atoms with Gasteiger partial charge in [0.15, 0.2) is 5.78 Å². The van der Waals surface area contributed by atoms with Crippen molar-refractivity contribution in [3.05, 3.63) is 29.6 Å². The van der Waals surface area contributed by atoms with E-state index in [1.165, 1.54) is 25.3 Å². The van der Waals surface area contributed by atoms with Gasteiger partial charge in [-0.05, 0) is 30.5 Å². The molecule has 1 aliphatic heterocycles. The summed E-state index contributed by atoms with van der Waals surface area (Å²) in [6, 6.07) is 3.95. The summed E-state index contributed by atoms with van der Waals surface area (Å²) >= 11 is 0. The zero-order valence-corrected chi connectivity index (χ0v) is 11.8. The molecule has 1 aromatic carbocycles. The van der Waals surface area contributed by atoms with Gasteiger partial charge in [-0.2, -0.15) is 0 Å². The topological polar surface area (TPSA) is 49.8 Å². The first-order valence-electron chi connectivity index (χ1n) is 6.78. The maximum Gasteiger partial charge on any atom is 0.180 e. The van der Waals surface area contributed by atoms with E-state index in [1.54, 1.807) is 0 Å². The van der Waals surface area contributed by atoms with E-state index in [0.29, 0.717) is 25.3 Å². The molecule has 0 radical (unpaired) electrons. The van der Waals surface area contributed by atoms with E-state index in [4.69, 9.17) is 4.74 Å². The summed E-state index contributed by atoms with van der Waals surface area (Å²) in [6.45, 7) is 3.53. The number of hydrogen-bond acceptors (Lipinski definition) is 4. The number of Topliss-reactive ketones (excluding diaryl/α,β-unsaturated/α-hetero) is 1. The number of halogens is 1. The van der Waals surface area contributed by atoms with Crippen LogP contribution in [0.1, 0.15) is 23.7 Å². The van der Waals surface area contributed by atoms with Crippen LogP contribution in [0.3, 0.4) is 0 Å². The summed E-state index contributed by atoms with van der Waals surface area (Å²) in [7, 11) is 1.46. The first kappa shape index (κ1) is 14.9. The fraction of sp³-hybridized carbons (Fsp3) is 0.533. The third kappa shape index (κ3) is 3.35. The fourth-order valence-corrected chi connectivity index (χ4v) is 2.55. The molecule has 1 aliphatic rings. The van der Waals surface area contributed by atoms with Crippen LogP contribution in [0.2, 0.25) is 0 Å². The number of rotatable bonds is 4. The van der Waals surface area contributed by atoms with Crippen molar-refractivity contribution in [1.82, 2.24) is 4.90 Å². The molecule has 2 unspecified atom stereocenters. The van der Waals surface area contributed by atoms with Gasteiger partial charge in [0, 0.05) is 13.1 Å². The molecule has 0 aliphatic carbocycles. The van der Waals surface area contributed by atoms with Crippen molar-refractivity contribution in [3.8, 4) is 5.75 Å². The van der Waals surface area contributed by atoms with Gasteiger partial charge in [0.05, 0.1) is 25.3 Å². The molecule has 4 nitrogen and oxygen atoms in total. The number of likely N-dealkylation sites (tertiary alicyclic amines) is 1. The van der Waals surface area contributed by atoms with E-state index in [-0.39, 0.29) is 29.9 Å². The Labute approximate surface area is 118 Å². The van der Waals surface area contributed by atoms with Gasteiger partial charge in [-0.3, -0.25) is 9.69 Å². The standard InChI is InChI=1S/C15H20FNO3/c1-10-8-17(6-5-13(10)18)9-14(19)12-7-11(16)3-4-15(12)20-2/h3-4,7,10,13,18H,5-6,8-9H2,1-2H3. The largest absolute Gasteiger partial charge is 0.496 e. The summed E-state index contributed by atoms with van der Waals surface area (Å²) in [5.41, 5.74) is 0.270. The number of hydrogen-bond donors (Lipinski definition) is 1. The number of methoxy groups -OCH3 is 1. The fourth-order valence-electron chi connectivity index (χ4n) is 2.55. The summed E-state index contributed by atoms with van der Waals surface area (Å²) in [5.74, 6) is -0.0750. The van der Waals surface area contributed by atoms with Crippen LogP contribution in [0.15, 0.2) is 18.2 Å². The lowest BCUT2D eigenvalue weighted by atomic mass is 9.96. The molecule has 1 aromatic rings. The zero-order valence-electron chi connectivity index (χ0n) is 11.8. The van der Waals surface area contributed by atoms with Gasteiger partial charge in [-0.1, -0.05) is 6.92 Å². The Bertz CT molecular complexity index is 492. The van der Waals surface area contributed by atoms with Gasteiger partial charge >= 0.3 is 0 Å². The minimum atomic E-state index is -0.448. The number of aliphatic hydroxyl groups excluding tert-OH is 1. The van der Waals surface area contributed by atoms with Crippen molar-refractivity contribution in [2.45, 2.75) is 19.4 Å². The lowest BCUT2D eigenvalue weighted by molar-refractivity contribution is 0.0344. The second-order valence-corrected chi connectivity index (χ2v) is 5.34. The molecular formula is C15H20FNO3. The smallest absolute Gasteiger partial charge is 0.180 e. The van der Waals surface area contributed by atoms with E-state index in [1.807, 2.05) is 11.8 Å². The SMILES string of the molecule is COc1ccc(F)cc1C(=O)CN1CCC(O)C(C)C1. The molecule has 0 aromatic heterocycles. The Morgan fingerprint density at radius 2 is 2.30 bits per heavy atom. The van der Waals surface area contributed by atoms with E-state index in [9.17, 15) is 14.3 Å². The van der Waals surface area contributed by atoms with Crippen molar-refractivity contribution in [2.75, 3.05) is 26.7 Å². The monoisotopic (exact) mass is 281 g/mol. The van der Waals surface area contributed by atoms with Crippen molar-refractivity contribution in [2.24, 2.45) is 5.92 Å². The maximum absolute atomic E-state index is 13.3. The quantitative estimate of drug-likeness (QED) is 0.854. The Morgan fingerprint density at radius 3 is 2.95 bits per heavy atom. The highest BCUT2D eigenvalue weighted by molar-refractivity contribution is 6.00. The van der Waals surface area contributed by atoms with E-state index in [2.05, 4.69) is 0 Å². The average Bonchev–Trinajstić information content (AvgIpc) is 2.43. The lowest BCUT2D eigenvalue weighted by Gasteiger charge is -2.33. The molecule has 1 heterocycles. The average molecular weight is 281 g/mol. The Balaban J connectivity index is 2.07. The Kier molecular flexibility index (Phi) is 4.73. The molecule has 5 heteroatoms. The number of benzene rings is 1. The van der Waals surface area contributed by atoms with Gasteiger partial charge < -0.3 is 9.84 Å². The van der Waals surface area contributed by atoms with Crippen molar-refractivity contribution in [1.29, 1.82) is 0 Å². The van der Waals surface area contributed by atoms with Gasteiger partial charge in [0.2, 0.25) is 0 Å². The molecule has 20 heavy (non-hydrogen) atoms. The number of nitrogens with zero attached hydrogens (tertiary/aromatic N) is 1. The molecule has 1 fully saturated rings. The van der Waals surface area contributed by atoms with E-state index < -0.39 is 5.82 Å². The Morgan fingerprint density at radius 1 is 1.55 bits per heavy atom. The summed E-state index contributed by atoms with van der Waals surface area (Å²) in [6.07, 6.45) is 0.361. The third-order valence-corrected chi connectivity index (χ3v) is 3.77. The highest BCUT2D eigenvalue weighted by Crippen LogP contribution is 2.22. The van der Waals surface area contributed by atoms with Crippen LogP contribution in [-0.4, -0.2) is 48.6 Å². The van der Waals surface area contributed by atoms with Gasteiger partial charge in [0.1, 0.15) is 11.6 Å². The second kappa shape index (κ2) is 6.33. The third-order valence-electron chi connectivity index (χ3n) is 3.77. The predicted molar refractivity (Wildman–Crippen MR) is 73.5 cm³/mol. The molecule has 2 rings (SSSR count). The van der Waals surface area contributed by atoms with Gasteiger partial charge in [-0.25, -0.2) is 4.39 Å². The molecule has 0 saturated carbocycles. The number of aliphatic hydroxyl groups is 1.